The van der Waals surface area contributed by atoms with Gasteiger partial charge in [0.1, 0.15) is 0 Å². The molecule has 0 aromatic heterocycles. The molecular formula is C19H38NO7P. The van der Waals surface area contributed by atoms with Gasteiger partial charge in [-0.15, -0.1) is 0 Å². The summed E-state index contributed by atoms with van der Waals surface area (Å²) in [7, 11) is -4.77. The van der Waals surface area contributed by atoms with Crippen molar-refractivity contribution in [3.8, 4) is 0 Å². The maximum Gasteiger partial charge on any atom is 0.469 e. The van der Waals surface area contributed by atoms with Crippen LogP contribution in [-0.4, -0.2) is 39.4 Å². The first-order valence-corrected chi connectivity index (χ1v) is 12.0. The molecule has 1 amide bonds. The Kier molecular flexibility index (Phi) is 16.4. The molecule has 0 aromatic carbocycles. The van der Waals surface area contributed by atoms with Gasteiger partial charge in [0.05, 0.1) is 6.61 Å². The molecule has 0 radical (unpaired) electrons. The van der Waals surface area contributed by atoms with E-state index >= 15 is 0 Å². The Bertz CT molecular complexity index is 467. The van der Waals surface area contributed by atoms with E-state index in [1.165, 1.54) is 57.8 Å². The van der Waals surface area contributed by atoms with Crippen molar-refractivity contribution in [2.24, 2.45) is 0 Å². The first-order valence-electron chi connectivity index (χ1n) is 10.5. The number of hydrogen-bond donors (Lipinski definition) is 4. The Morgan fingerprint density at radius 2 is 1.29 bits per heavy atom. The lowest BCUT2D eigenvalue weighted by atomic mass is 10.0. The molecule has 0 bridgehead atoms. The average molecular weight is 423 g/mol. The highest BCUT2D eigenvalue weighted by molar-refractivity contribution is 7.46. The van der Waals surface area contributed by atoms with Gasteiger partial charge in [0, 0.05) is 6.42 Å². The number of carbonyl (C=O) groups is 2. The molecule has 8 nitrogen and oxygen atoms in total. The van der Waals surface area contributed by atoms with E-state index in [4.69, 9.17) is 14.9 Å². The van der Waals surface area contributed by atoms with Gasteiger partial charge >= 0.3 is 13.8 Å². The number of carboxylic acid groups (broad SMARTS) is 1. The van der Waals surface area contributed by atoms with Gasteiger partial charge in [-0.3, -0.25) is 9.32 Å². The third-order valence-corrected chi connectivity index (χ3v) is 5.04. The maximum absolute atomic E-state index is 11.8. The van der Waals surface area contributed by atoms with Crippen LogP contribution in [0.25, 0.3) is 0 Å². The normalized spacial score (nSPS) is 12.7. The quantitative estimate of drug-likeness (QED) is 0.181. The third-order valence-electron chi connectivity index (χ3n) is 4.55. The molecule has 0 fully saturated rings. The monoisotopic (exact) mass is 423 g/mol. The minimum Gasteiger partial charge on any atom is -0.480 e. The Hall–Kier alpha value is -0.950. The summed E-state index contributed by atoms with van der Waals surface area (Å²) in [5.41, 5.74) is 0. The van der Waals surface area contributed by atoms with E-state index in [-0.39, 0.29) is 6.42 Å². The second kappa shape index (κ2) is 17.0. The van der Waals surface area contributed by atoms with Crippen molar-refractivity contribution in [3.05, 3.63) is 0 Å². The van der Waals surface area contributed by atoms with Gasteiger partial charge in [0.2, 0.25) is 5.91 Å². The minimum absolute atomic E-state index is 0.192. The van der Waals surface area contributed by atoms with E-state index in [0.717, 1.165) is 19.3 Å². The zero-order valence-corrected chi connectivity index (χ0v) is 18.0. The highest BCUT2D eigenvalue weighted by Crippen LogP contribution is 2.35. The number of rotatable bonds is 19. The number of phosphoric ester groups is 1. The lowest BCUT2D eigenvalue weighted by Gasteiger charge is -2.15. The van der Waals surface area contributed by atoms with Crippen molar-refractivity contribution in [3.63, 3.8) is 0 Å². The molecule has 9 heteroatoms. The van der Waals surface area contributed by atoms with Crippen LogP contribution >= 0.6 is 7.82 Å². The first-order chi connectivity index (χ1) is 13.3. The molecule has 0 spiro atoms. The van der Waals surface area contributed by atoms with Crippen LogP contribution in [0.15, 0.2) is 0 Å². The van der Waals surface area contributed by atoms with E-state index in [9.17, 15) is 14.2 Å². The number of amides is 1. The van der Waals surface area contributed by atoms with Crippen molar-refractivity contribution in [1.29, 1.82) is 0 Å². The topological polar surface area (TPSA) is 133 Å². The summed E-state index contributed by atoms with van der Waals surface area (Å²) in [6.45, 7) is 1.45. The second-order valence-electron chi connectivity index (χ2n) is 7.24. The highest BCUT2D eigenvalue weighted by atomic mass is 31.2. The van der Waals surface area contributed by atoms with Crippen molar-refractivity contribution < 1.29 is 33.6 Å². The Morgan fingerprint density at radius 3 is 1.68 bits per heavy atom. The first kappa shape index (κ1) is 27.0. The zero-order chi connectivity index (χ0) is 21.3. The number of aliphatic carboxylic acids is 1. The van der Waals surface area contributed by atoms with Crippen LogP contribution < -0.4 is 5.32 Å². The molecule has 4 N–H and O–H groups in total. The van der Waals surface area contributed by atoms with Gasteiger partial charge in [-0.1, -0.05) is 84.0 Å². The molecule has 0 saturated carbocycles. The van der Waals surface area contributed by atoms with Crippen molar-refractivity contribution in [2.75, 3.05) is 6.61 Å². The van der Waals surface area contributed by atoms with Gasteiger partial charge in [-0.05, 0) is 6.42 Å². The number of carbonyl (C=O) groups excluding carboxylic acids is 1. The molecule has 0 aliphatic carbocycles. The number of carboxylic acids is 1. The molecule has 1 atom stereocenters. The summed E-state index contributed by atoms with van der Waals surface area (Å²) >= 11 is 0. The van der Waals surface area contributed by atoms with E-state index in [1.807, 2.05) is 0 Å². The van der Waals surface area contributed by atoms with E-state index < -0.39 is 32.3 Å². The van der Waals surface area contributed by atoms with Crippen LogP contribution in [0.4, 0.5) is 0 Å². The molecule has 166 valence electrons. The Balaban J connectivity index is 3.60. The lowest BCUT2D eigenvalue weighted by Crippen LogP contribution is -2.43. The van der Waals surface area contributed by atoms with E-state index in [1.54, 1.807) is 0 Å². The number of hydrogen-bond acceptors (Lipinski definition) is 4. The smallest absolute Gasteiger partial charge is 0.469 e. The number of unbranched alkanes of at least 4 members (excludes halogenated alkanes) is 12. The molecule has 28 heavy (non-hydrogen) atoms. The van der Waals surface area contributed by atoms with Gasteiger partial charge in [-0.2, -0.15) is 0 Å². The Labute approximate surface area is 168 Å². The fourth-order valence-electron chi connectivity index (χ4n) is 2.92. The van der Waals surface area contributed by atoms with Crippen LogP contribution in [0.5, 0.6) is 0 Å². The number of phosphoric acid groups is 1. The summed E-state index contributed by atoms with van der Waals surface area (Å²) in [5.74, 6) is -1.85. The third kappa shape index (κ3) is 18.4. The highest BCUT2D eigenvalue weighted by Gasteiger charge is 2.24. The predicted octanol–water partition coefficient (Wildman–Crippen LogP) is 4.15. The molecule has 0 heterocycles. The SMILES string of the molecule is CCCCCCCCCCCCCCCC(=O)N[C@H](COP(=O)(O)O)C(=O)O. The summed E-state index contributed by atoms with van der Waals surface area (Å²) in [6, 6.07) is -1.47. The van der Waals surface area contributed by atoms with Crippen molar-refractivity contribution in [1.82, 2.24) is 5.32 Å². The molecule has 0 aliphatic rings. The van der Waals surface area contributed by atoms with Crippen LogP contribution in [0.3, 0.4) is 0 Å². The van der Waals surface area contributed by atoms with Gasteiger partial charge in [0.25, 0.3) is 0 Å². The van der Waals surface area contributed by atoms with E-state index in [2.05, 4.69) is 16.8 Å². The number of nitrogens with one attached hydrogen (secondary N) is 1. The fraction of sp³-hybridized carbons (Fsp3) is 0.895. The van der Waals surface area contributed by atoms with Crippen LogP contribution in [0.2, 0.25) is 0 Å². The second-order valence-corrected chi connectivity index (χ2v) is 8.48. The van der Waals surface area contributed by atoms with Gasteiger partial charge in [-0.25, -0.2) is 9.36 Å². The molecule has 0 rings (SSSR count). The molecule has 0 aliphatic heterocycles. The summed E-state index contributed by atoms with van der Waals surface area (Å²) < 4.78 is 14.8. The zero-order valence-electron chi connectivity index (χ0n) is 17.1. The standard InChI is InChI=1S/C19H38NO7P/c1-2-3-4-5-6-7-8-9-10-11-12-13-14-15-18(21)20-17(19(22)23)16-27-28(24,25)26/h17H,2-16H2,1H3,(H,20,21)(H,22,23)(H2,24,25,26)/t17-/m1/s1. The lowest BCUT2D eigenvalue weighted by molar-refractivity contribution is -0.142. The van der Waals surface area contributed by atoms with Crippen molar-refractivity contribution >= 4 is 19.7 Å². The maximum atomic E-state index is 11.8. The molecular weight excluding hydrogens is 385 g/mol. The fourth-order valence-corrected chi connectivity index (χ4v) is 3.26. The average Bonchev–Trinajstić information content (AvgIpc) is 2.61. The van der Waals surface area contributed by atoms with Crippen LogP contribution in [0.1, 0.15) is 96.8 Å². The summed E-state index contributed by atoms with van der Waals surface area (Å²) in [6.07, 6.45) is 15.7. The molecule has 0 unspecified atom stereocenters. The van der Waals surface area contributed by atoms with E-state index in [0.29, 0.717) is 6.42 Å². The predicted molar refractivity (Wildman–Crippen MR) is 108 cm³/mol. The largest absolute Gasteiger partial charge is 0.480 e. The summed E-state index contributed by atoms with van der Waals surface area (Å²) in [4.78, 5) is 40.0. The minimum atomic E-state index is -4.77. The van der Waals surface area contributed by atoms with Crippen LogP contribution in [0, 0.1) is 0 Å². The molecule has 0 aromatic rings. The van der Waals surface area contributed by atoms with Gasteiger partial charge in [0.15, 0.2) is 6.04 Å². The summed E-state index contributed by atoms with van der Waals surface area (Å²) in [5, 5.41) is 11.2. The van der Waals surface area contributed by atoms with Crippen molar-refractivity contribution in [2.45, 2.75) is 103 Å². The Morgan fingerprint density at radius 1 is 0.857 bits per heavy atom. The molecule has 0 saturated heterocycles. The van der Waals surface area contributed by atoms with Gasteiger partial charge < -0.3 is 20.2 Å². The van der Waals surface area contributed by atoms with Crippen LogP contribution in [-0.2, 0) is 18.7 Å².